The molecule has 8 heteroatoms. The average Bonchev–Trinajstić information content (AvgIpc) is 3.26. The van der Waals surface area contributed by atoms with E-state index in [1.54, 1.807) is 20.8 Å². The number of aromatic nitrogens is 1. The molecule has 0 fully saturated rings. The SMILES string of the molecule is CC(C)(C)OC(=O)n1c(C(=O)NCCC(=O)OCc2ccc(-c3ccccc3)cc2)cc2cc(O)ccc21. The molecule has 1 heterocycles. The Kier molecular flexibility index (Phi) is 7.81. The molecule has 3 aromatic carbocycles. The van der Waals surface area contributed by atoms with E-state index in [1.807, 2.05) is 54.6 Å². The zero-order chi connectivity index (χ0) is 27.3. The molecule has 0 saturated heterocycles. The highest BCUT2D eigenvalue weighted by Crippen LogP contribution is 2.25. The number of aromatic hydroxyl groups is 1. The minimum Gasteiger partial charge on any atom is -0.508 e. The molecular weight excluding hydrogens is 484 g/mol. The third kappa shape index (κ3) is 6.59. The number of nitrogens with one attached hydrogen (secondary N) is 1. The molecule has 196 valence electrons. The third-order valence-electron chi connectivity index (χ3n) is 5.67. The van der Waals surface area contributed by atoms with E-state index in [2.05, 4.69) is 5.32 Å². The fraction of sp³-hybridized carbons (Fsp3) is 0.233. The lowest BCUT2D eigenvalue weighted by atomic mass is 10.0. The van der Waals surface area contributed by atoms with Gasteiger partial charge in [0.2, 0.25) is 0 Å². The number of carbonyl (C=O) groups excluding carboxylic acids is 3. The van der Waals surface area contributed by atoms with E-state index >= 15 is 0 Å². The smallest absolute Gasteiger partial charge is 0.419 e. The van der Waals surface area contributed by atoms with E-state index in [0.29, 0.717) is 10.9 Å². The molecule has 0 saturated carbocycles. The summed E-state index contributed by atoms with van der Waals surface area (Å²) in [6.07, 6.45) is -0.762. The van der Waals surface area contributed by atoms with Crippen LogP contribution in [-0.2, 0) is 20.9 Å². The Morgan fingerprint density at radius 1 is 0.895 bits per heavy atom. The lowest BCUT2D eigenvalue weighted by molar-refractivity contribution is -0.144. The highest BCUT2D eigenvalue weighted by molar-refractivity contribution is 6.04. The van der Waals surface area contributed by atoms with Crippen molar-refractivity contribution >= 4 is 28.9 Å². The maximum Gasteiger partial charge on any atom is 0.419 e. The number of hydrogen-bond donors (Lipinski definition) is 2. The molecule has 1 amide bonds. The lowest BCUT2D eigenvalue weighted by Gasteiger charge is -2.20. The van der Waals surface area contributed by atoms with Gasteiger partial charge in [0.1, 0.15) is 23.7 Å². The largest absolute Gasteiger partial charge is 0.508 e. The van der Waals surface area contributed by atoms with Gasteiger partial charge in [-0.25, -0.2) is 9.36 Å². The lowest BCUT2D eigenvalue weighted by Crippen LogP contribution is -2.32. The number of phenols is 1. The Labute approximate surface area is 220 Å². The van der Waals surface area contributed by atoms with Gasteiger partial charge in [0.15, 0.2) is 0 Å². The number of nitrogens with zero attached hydrogens (tertiary/aromatic N) is 1. The van der Waals surface area contributed by atoms with Crippen LogP contribution in [0, 0.1) is 0 Å². The molecule has 2 N–H and O–H groups in total. The van der Waals surface area contributed by atoms with Crippen LogP contribution in [-0.4, -0.2) is 39.8 Å². The zero-order valence-electron chi connectivity index (χ0n) is 21.6. The van der Waals surface area contributed by atoms with Crippen LogP contribution in [0.4, 0.5) is 4.79 Å². The molecule has 0 unspecified atom stereocenters. The summed E-state index contributed by atoms with van der Waals surface area (Å²) in [7, 11) is 0. The number of benzene rings is 3. The van der Waals surface area contributed by atoms with Gasteiger partial charge in [-0.05, 0) is 61.7 Å². The first-order chi connectivity index (χ1) is 18.1. The molecular formula is C30H30N2O6. The second-order valence-electron chi connectivity index (χ2n) is 9.82. The fourth-order valence-electron chi connectivity index (χ4n) is 3.90. The number of esters is 1. The molecule has 4 aromatic rings. The number of fused-ring (bicyclic) bond motifs is 1. The van der Waals surface area contributed by atoms with Gasteiger partial charge >= 0.3 is 12.1 Å². The summed E-state index contributed by atoms with van der Waals surface area (Å²) in [5.41, 5.74) is 2.71. The van der Waals surface area contributed by atoms with E-state index in [-0.39, 0.29) is 31.0 Å². The number of hydrogen-bond acceptors (Lipinski definition) is 6. The fourth-order valence-corrected chi connectivity index (χ4v) is 3.90. The minimum absolute atomic E-state index is 0.00301. The summed E-state index contributed by atoms with van der Waals surface area (Å²) in [6, 6.07) is 23.7. The maximum atomic E-state index is 12.9. The summed E-state index contributed by atoms with van der Waals surface area (Å²) in [6.45, 7) is 5.33. The van der Waals surface area contributed by atoms with Crippen molar-refractivity contribution in [2.75, 3.05) is 6.54 Å². The van der Waals surface area contributed by atoms with Gasteiger partial charge in [-0.2, -0.15) is 0 Å². The molecule has 4 rings (SSSR count). The second-order valence-corrected chi connectivity index (χ2v) is 9.82. The van der Waals surface area contributed by atoms with Crippen molar-refractivity contribution < 1.29 is 29.0 Å². The van der Waals surface area contributed by atoms with Crippen molar-refractivity contribution in [1.82, 2.24) is 9.88 Å². The first-order valence-corrected chi connectivity index (χ1v) is 12.3. The van der Waals surface area contributed by atoms with Gasteiger partial charge in [-0.3, -0.25) is 9.59 Å². The highest BCUT2D eigenvalue weighted by atomic mass is 16.6. The summed E-state index contributed by atoms with van der Waals surface area (Å²) in [5.74, 6) is -1.02. The maximum absolute atomic E-state index is 12.9. The first-order valence-electron chi connectivity index (χ1n) is 12.3. The van der Waals surface area contributed by atoms with E-state index in [0.717, 1.165) is 21.3 Å². The number of amides is 1. The Morgan fingerprint density at radius 2 is 1.58 bits per heavy atom. The van der Waals surface area contributed by atoms with Crippen LogP contribution < -0.4 is 5.32 Å². The van der Waals surface area contributed by atoms with Crippen LogP contribution in [0.25, 0.3) is 22.0 Å². The van der Waals surface area contributed by atoms with Crippen LogP contribution in [0.2, 0.25) is 0 Å². The highest BCUT2D eigenvalue weighted by Gasteiger charge is 2.25. The number of rotatable bonds is 7. The molecule has 0 spiro atoms. The number of phenolic OH excluding ortho intramolecular Hbond substituents is 1. The van der Waals surface area contributed by atoms with Crippen molar-refractivity contribution in [3.63, 3.8) is 0 Å². The number of ether oxygens (including phenoxy) is 2. The van der Waals surface area contributed by atoms with Crippen LogP contribution in [0.15, 0.2) is 78.9 Å². The molecule has 0 aliphatic carbocycles. The van der Waals surface area contributed by atoms with Crippen LogP contribution in [0.1, 0.15) is 43.2 Å². The summed E-state index contributed by atoms with van der Waals surface area (Å²) in [5, 5.41) is 13.0. The molecule has 0 atom stereocenters. The second kappa shape index (κ2) is 11.2. The predicted molar refractivity (Wildman–Crippen MR) is 144 cm³/mol. The third-order valence-corrected chi connectivity index (χ3v) is 5.67. The average molecular weight is 515 g/mol. The van der Waals surface area contributed by atoms with Gasteiger partial charge in [-0.1, -0.05) is 54.6 Å². The molecule has 0 aliphatic heterocycles. The van der Waals surface area contributed by atoms with E-state index in [4.69, 9.17) is 9.47 Å². The topological polar surface area (TPSA) is 107 Å². The zero-order valence-corrected chi connectivity index (χ0v) is 21.6. The standard InChI is InChI=1S/C30H30N2O6/c1-30(2,3)38-29(36)32-25-14-13-24(33)17-23(25)18-26(32)28(35)31-16-15-27(34)37-19-20-9-11-22(12-10-20)21-7-5-4-6-8-21/h4-14,17-18,33H,15-16,19H2,1-3H3,(H,31,35). The van der Waals surface area contributed by atoms with Gasteiger partial charge in [0.25, 0.3) is 5.91 Å². The van der Waals surface area contributed by atoms with Crippen molar-refractivity contribution in [2.45, 2.75) is 39.4 Å². The molecule has 38 heavy (non-hydrogen) atoms. The van der Waals surface area contributed by atoms with Crippen molar-refractivity contribution in [3.05, 3.63) is 90.1 Å². The predicted octanol–water partition coefficient (Wildman–Crippen LogP) is 5.66. The molecule has 8 nitrogen and oxygen atoms in total. The van der Waals surface area contributed by atoms with Crippen molar-refractivity contribution in [1.29, 1.82) is 0 Å². The first kappa shape index (κ1) is 26.5. The Morgan fingerprint density at radius 3 is 2.26 bits per heavy atom. The normalized spacial score (nSPS) is 11.2. The van der Waals surface area contributed by atoms with Gasteiger partial charge in [0, 0.05) is 11.9 Å². The van der Waals surface area contributed by atoms with E-state index in [9.17, 15) is 19.5 Å². The summed E-state index contributed by atoms with van der Waals surface area (Å²) < 4.78 is 12.0. The summed E-state index contributed by atoms with van der Waals surface area (Å²) in [4.78, 5) is 38.1. The molecule has 0 bridgehead atoms. The van der Waals surface area contributed by atoms with E-state index < -0.39 is 23.6 Å². The monoisotopic (exact) mass is 514 g/mol. The molecule has 0 aliphatic rings. The number of carbonyl (C=O) groups is 3. The minimum atomic E-state index is -0.774. The Balaban J connectivity index is 1.34. The Hall–Kier alpha value is -4.59. The van der Waals surface area contributed by atoms with E-state index in [1.165, 1.54) is 24.3 Å². The molecule has 1 aromatic heterocycles. The summed E-state index contributed by atoms with van der Waals surface area (Å²) >= 11 is 0. The van der Waals surface area contributed by atoms with Crippen molar-refractivity contribution in [3.8, 4) is 16.9 Å². The van der Waals surface area contributed by atoms with Gasteiger partial charge in [-0.15, -0.1) is 0 Å². The van der Waals surface area contributed by atoms with Crippen LogP contribution in [0.3, 0.4) is 0 Å². The van der Waals surface area contributed by atoms with Gasteiger partial charge in [0.05, 0.1) is 11.9 Å². The quantitative estimate of drug-likeness (QED) is 0.308. The van der Waals surface area contributed by atoms with Crippen LogP contribution in [0.5, 0.6) is 5.75 Å². The van der Waals surface area contributed by atoms with Gasteiger partial charge < -0.3 is 19.9 Å². The Bertz CT molecular complexity index is 1450. The van der Waals surface area contributed by atoms with Crippen molar-refractivity contribution in [2.24, 2.45) is 0 Å². The van der Waals surface area contributed by atoms with Crippen LogP contribution >= 0.6 is 0 Å². The molecule has 0 radical (unpaired) electrons.